The molecule has 0 saturated carbocycles. The molecular weight excluding hydrogens is 334 g/mol. The topological polar surface area (TPSA) is 105 Å². The van der Waals surface area contributed by atoms with Crippen LogP contribution in [0.3, 0.4) is 0 Å². The number of amides is 1. The van der Waals surface area contributed by atoms with Crippen LogP contribution in [0.4, 0.5) is 11.4 Å². The van der Waals surface area contributed by atoms with Crippen LogP contribution < -0.4 is 10.1 Å². The van der Waals surface area contributed by atoms with Crippen molar-refractivity contribution in [3.63, 3.8) is 0 Å². The van der Waals surface area contributed by atoms with E-state index in [0.717, 1.165) is 6.07 Å². The number of nitriles is 1. The Hall–Kier alpha value is -3.11. The lowest BCUT2D eigenvalue weighted by molar-refractivity contribution is -0.384. The number of ether oxygens (including phenoxy) is 1. The van der Waals surface area contributed by atoms with Crippen LogP contribution in [0.2, 0.25) is 5.02 Å². The van der Waals surface area contributed by atoms with Crippen molar-refractivity contribution >= 4 is 28.9 Å². The van der Waals surface area contributed by atoms with E-state index in [-0.39, 0.29) is 16.5 Å². The molecule has 122 valence electrons. The average Bonchev–Trinajstić information content (AvgIpc) is 2.56. The first-order valence-corrected chi connectivity index (χ1v) is 7.20. The third kappa shape index (κ3) is 4.00. The number of benzene rings is 2. The van der Waals surface area contributed by atoms with Crippen LogP contribution in [-0.2, 0) is 4.79 Å². The minimum absolute atomic E-state index is 0.0290. The van der Waals surface area contributed by atoms with E-state index in [1.807, 2.05) is 6.07 Å². The van der Waals surface area contributed by atoms with Gasteiger partial charge in [-0.1, -0.05) is 23.7 Å². The molecule has 1 amide bonds. The Balaban J connectivity index is 2.09. The summed E-state index contributed by atoms with van der Waals surface area (Å²) in [6, 6.07) is 12.2. The van der Waals surface area contributed by atoms with Gasteiger partial charge in [-0.3, -0.25) is 14.9 Å². The maximum Gasteiger partial charge on any atom is 0.271 e. The Bertz CT molecular complexity index is 832. The summed E-state index contributed by atoms with van der Waals surface area (Å²) in [6.45, 7) is 1.50. The van der Waals surface area contributed by atoms with E-state index in [1.165, 1.54) is 19.1 Å². The number of carbonyl (C=O) groups excluding carboxylic acids is 1. The highest BCUT2D eigenvalue weighted by molar-refractivity contribution is 6.32. The third-order valence-corrected chi connectivity index (χ3v) is 3.40. The molecule has 0 aliphatic rings. The number of nitro benzene ring substituents is 1. The molecule has 2 rings (SSSR count). The van der Waals surface area contributed by atoms with Gasteiger partial charge in [0.15, 0.2) is 6.10 Å². The SMILES string of the molecule is C[C@H](Oc1ccc([N+](=O)[O-])cc1Cl)C(=O)Nc1ccccc1C#N. The van der Waals surface area contributed by atoms with Crippen molar-refractivity contribution in [3.05, 3.63) is 63.2 Å². The quantitative estimate of drug-likeness (QED) is 0.659. The van der Waals surface area contributed by atoms with E-state index in [2.05, 4.69) is 5.32 Å². The van der Waals surface area contributed by atoms with Crippen LogP contribution in [0.15, 0.2) is 42.5 Å². The van der Waals surface area contributed by atoms with Crippen LogP contribution in [0.5, 0.6) is 5.75 Å². The fourth-order valence-electron chi connectivity index (χ4n) is 1.87. The van der Waals surface area contributed by atoms with Crippen molar-refractivity contribution in [2.24, 2.45) is 0 Å². The Morgan fingerprint density at radius 3 is 2.71 bits per heavy atom. The van der Waals surface area contributed by atoms with E-state index in [0.29, 0.717) is 11.3 Å². The normalized spacial score (nSPS) is 11.2. The van der Waals surface area contributed by atoms with Crippen molar-refractivity contribution in [3.8, 4) is 11.8 Å². The van der Waals surface area contributed by atoms with Crippen LogP contribution in [0, 0.1) is 21.4 Å². The molecule has 0 radical (unpaired) electrons. The predicted molar refractivity (Wildman–Crippen MR) is 88.0 cm³/mol. The van der Waals surface area contributed by atoms with E-state index < -0.39 is 16.9 Å². The van der Waals surface area contributed by atoms with Crippen molar-refractivity contribution in [2.75, 3.05) is 5.32 Å². The van der Waals surface area contributed by atoms with E-state index in [1.54, 1.807) is 24.3 Å². The molecular formula is C16H12ClN3O4. The van der Waals surface area contributed by atoms with Gasteiger partial charge in [0.2, 0.25) is 0 Å². The van der Waals surface area contributed by atoms with Gasteiger partial charge >= 0.3 is 0 Å². The lowest BCUT2D eigenvalue weighted by atomic mass is 10.2. The molecule has 7 nitrogen and oxygen atoms in total. The van der Waals surface area contributed by atoms with Gasteiger partial charge < -0.3 is 10.1 Å². The van der Waals surface area contributed by atoms with Gasteiger partial charge in [0.1, 0.15) is 11.8 Å². The number of halogens is 1. The first-order chi connectivity index (χ1) is 11.4. The van der Waals surface area contributed by atoms with Crippen LogP contribution in [-0.4, -0.2) is 16.9 Å². The summed E-state index contributed by atoms with van der Waals surface area (Å²) in [4.78, 5) is 22.3. The number of carbonyl (C=O) groups is 1. The highest BCUT2D eigenvalue weighted by Gasteiger charge is 2.18. The molecule has 24 heavy (non-hydrogen) atoms. The second kappa shape index (κ2) is 7.44. The maximum absolute atomic E-state index is 12.2. The van der Waals surface area contributed by atoms with E-state index in [9.17, 15) is 14.9 Å². The molecule has 0 bridgehead atoms. The van der Waals surface area contributed by atoms with Crippen molar-refractivity contribution < 1.29 is 14.5 Å². The molecule has 1 N–H and O–H groups in total. The number of anilines is 1. The highest BCUT2D eigenvalue weighted by Crippen LogP contribution is 2.29. The molecule has 0 heterocycles. The van der Waals surface area contributed by atoms with E-state index in [4.69, 9.17) is 21.6 Å². The molecule has 0 saturated heterocycles. The Kier molecular flexibility index (Phi) is 5.35. The smallest absolute Gasteiger partial charge is 0.271 e. The molecule has 2 aromatic rings. The summed E-state index contributed by atoms with van der Waals surface area (Å²) in [5, 5.41) is 22.3. The first-order valence-electron chi connectivity index (χ1n) is 6.83. The van der Waals surface area contributed by atoms with Crippen molar-refractivity contribution in [2.45, 2.75) is 13.0 Å². The second-order valence-electron chi connectivity index (χ2n) is 4.78. The molecule has 8 heteroatoms. The standard InChI is InChI=1S/C16H12ClN3O4/c1-10(16(21)19-14-5-3-2-4-11(14)9-18)24-15-7-6-12(20(22)23)8-13(15)17/h2-8,10H,1H3,(H,19,21)/t10-/m0/s1. The molecule has 0 aromatic heterocycles. The first kappa shape index (κ1) is 17.2. The van der Waals surface area contributed by atoms with Gasteiger partial charge in [0, 0.05) is 12.1 Å². The van der Waals surface area contributed by atoms with Crippen molar-refractivity contribution in [1.29, 1.82) is 5.26 Å². The number of para-hydroxylation sites is 1. The summed E-state index contributed by atoms with van der Waals surface area (Å²) in [7, 11) is 0. The van der Waals surface area contributed by atoms with Gasteiger partial charge in [-0.25, -0.2) is 0 Å². The fraction of sp³-hybridized carbons (Fsp3) is 0.125. The summed E-state index contributed by atoms with van der Waals surface area (Å²) in [6.07, 6.45) is -0.921. The largest absolute Gasteiger partial charge is 0.479 e. The van der Waals surface area contributed by atoms with Crippen molar-refractivity contribution in [1.82, 2.24) is 0 Å². The van der Waals surface area contributed by atoms with Crippen LogP contribution in [0.25, 0.3) is 0 Å². The van der Waals surface area contributed by atoms with Gasteiger partial charge in [-0.05, 0) is 25.1 Å². The third-order valence-electron chi connectivity index (χ3n) is 3.10. The predicted octanol–water partition coefficient (Wildman–Crippen LogP) is 3.53. The molecule has 2 aromatic carbocycles. The molecule has 0 spiro atoms. The number of hydrogen-bond acceptors (Lipinski definition) is 5. The van der Waals surface area contributed by atoms with E-state index >= 15 is 0 Å². The Morgan fingerprint density at radius 1 is 1.38 bits per heavy atom. The monoisotopic (exact) mass is 345 g/mol. The number of nitrogens with one attached hydrogen (secondary N) is 1. The van der Waals surface area contributed by atoms with Gasteiger partial charge in [-0.15, -0.1) is 0 Å². The maximum atomic E-state index is 12.2. The van der Waals surface area contributed by atoms with Crippen LogP contribution >= 0.6 is 11.6 Å². The Morgan fingerprint density at radius 2 is 2.08 bits per heavy atom. The van der Waals surface area contributed by atoms with Gasteiger partial charge in [0.25, 0.3) is 11.6 Å². The minimum Gasteiger partial charge on any atom is -0.479 e. The Labute approximate surface area is 142 Å². The zero-order chi connectivity index (χ0) is 17.7. The number of hydrogen-bond donors (Lipinski definition) is 1. The number of nitrogens with zero attached hydrogens (tertiary/aromatic N) is 2. The summed E-state index contributed by atoms with van der Waals surface area (Å²) >= 11 is 5.93. The minimum atomic E-state index is -0.921. The summed E-state index contributed by atoms with van der Waals surface area (Å²) in [5.74, 6) is -0.328. The number of nitro groups is 1. The molecule has 0 aliphatic heterocycles. The number of non-ortho nitro benzene ring substituents is 1. The van der Waals surface area contributed by atoms with Crippen LogP contribution in [0.1, 0.15) is 12.5 Å². The second-order valence-corrected chi connectivity index (χ2v) is 5.19. The van der Waals surface area contributed by atoms with Gasteiger partial charge in [-0.2, -0.15) is 5.26 Å². The van der Waals surface area contributed by atoms with Gasteiger partial charge in [0.05, 0.1) is 21.2 Å². The average molecular weight is 346 g/mol. The molecule has 0 aliphatic carbocycles. The summed E-state index contributed by atoms with van der Waals surface area (Å²) < 4.78 is 5.44. The zero-order valence-electron chi connectivity index (χ0n) is 12.5. The molecule has 0 unspecified atom stereocenters. The lowest BCUT2D eigenvalue weighted by Gasteiger charge is -2.16. The fourth-order valence-corrected chi connectivity index (χ4v) is 2.09. The lowest BCUT2D eigenvalue weighted by Crippen LogP contribution is -2.30. The highest BCUT2D eigenvalue weighted by atomic mass is 35.5. The zero-order valence-corrected chi connectivity index (χ0v) is 13.3. The number of rotatable bonds is 5. The molecule has 0 fully saturated rings. The summed E-state index contributed by atoms with van der Waals surface area (Å²) in [5.41, 5.74) is 0.522. The molecule has 1 atom stereocenters.